The summed E-state index contributed by atoms with van der Waals surface area (Å²) in [5.41, 5.74) is 9.46. The molecule has 0 aliphatic heterocycles. The fourth-order valence-electron chi connectivity index (χ4n) is 2.21. The van der Waals surface area contributed by atoms with Crippen LogP contribution in [0, 0.1) is 6.92 Å². The maximum Gasteiger partial charge on any atom is 0.129 e. The second kappa shape index (κ2) is 5.23. The van der Waals surface area contributed by atoms with E-state index in [4.69, 9.17) is 10.5 Å². The molecular weight excluding hydrogens is 268 g/mol. The molecule has 2 heterocycles. The van der Waals surface area contributed by atoms with Crippen LogP contribution in [-0.4, -0.2) is 12.1 Å². The van der Waals surface area contributed by atoms with Crippen molar-refractivity contribution in [1.29, 1.82) is 0 Å². The van der Waals surface area contributed by atoms with Crippen LogP contribution in [0.1, 0.15) is 22.2 Å². The highest BCUT2D eigenvalue weighted by atomic mass is 32.1. The number of nitrogens with zero attached hydrogens (tertiary/aromatic N) is 1. The lowest BCUT2D eigenvalue weighted by atomic mass is 10.0. The van der Waals surface area contributed by atoms with E-state index in [-0.39, 0.29) is 6.04 Å². The minimum atomic E-state index is -0.130. The number of hydrogen-bond donors (Lipinski definition) is 1. The summed E-state index contributed by atoms with van der Waals surface area (Å²) in [7, 11) is 1.67. The summed E-state index contributed by atoms with van der Waals surface area (Å²) in [5.74, 6) is 0.860. The summed E-state index contributed by atoms with van der Waals surface area (Å²) in [6.07, 6.45) is 0. The number of aryl methyl sites for hydroxylation is 1. The van der Waals surface area contributed by atoms with Crippen LogP contribution in [0.3, 0.4) is 0 Å². The van der Waals surface area contributed by atoms with Gasteiger partial charge in [0.05, 0.1) is 18.7 Å². The van der Waals surface area contributed by atoms with Gasteiger partial charge in [-0.15, -0.1) is 11.3 Å². The molecule has 1 unspecified atom stereocenters. The van der Waals surface area contributed by atoms with Gasteiger partial charge >= 0.3 is 0 Å². The van der Waals surface area contributed by atoms with Gasteiger partial charge in [-0.3, -0.25) is 4.98 Å². The number of ether oxygens (including phenoxy) is 1. The third kappa shape index (κ3) is 2.40. The zero-order valence-corrected chi connectivity index (χ0v) is 12.3. The Morgan fingerprint density at radius 1 is 1.20 bits per heavy atom. The van der Waals surface area contributed by atoms with E-state index in [2.05, 4.69) is 17.1 Å². The van der Waals surface area contributed by atoms with E-state index in [1.807, 2.05) is 36.6 Å². The van der Waals surface area contributed by atoms with Gasteiger partial charge in [0.2, 0.25) is 0 Å². The largest absolute Gasteiger partial charge is 0.496 e. The van der Waals surface area contributed by atoms with Gasteiger partial charge in [-0.25, -0.2) is 0 Å². The van der Waals surface area contributed by atoms with E-state index < -0.39 is 0 Å². The first-order valence-corrected chi connectivity index (χ1v) is 7.30. The van der Waals surface area contributed by atoms with Crippen LogP contribution in [0.4, 0.5) is 0 Å². The average molecular weight is 284 g/mol. The van der Waals surface area contributed by atoms with Gasteiger partial charge in [-0.1, -0.05) is 12.1 Å². The molecule has 1 aromatic carbocycles. The first-order chi connectivity index (χ1) is 9.67. The fourth-order valence-corrected chi connectivity index (χ4v) is 3.09. The van der Waals surface area contributed by atoms with Crippen molar-refractivity contribution < 1.29 is 4.74 Å². The Bertz CT molecular complexity index is 751. The van der Waals surface area contributed by atoms with Crippen LogP contribution >= 0.6 is 11.3 Å². The van der Waals surface area contributed by atoms with Gasteiger partial charge in [-0.2, -0.15) is 0 Å². The lowest BCUT2D eigenvalue weighted by Crippen LogP contribution is -2.10. The van der Waals surface area contributed by atoms with Crippen molar-refractivity contribution in [2.24, 2.45) is 5.73 Å². The number of hydrogen-bond acceptors (Lipinski definition) is 4. The van der Waals surface area contributed by atoms with E-state index in [1.165, 1.54) is 0 Å². The Morgan fingerprint density at radius 3 is 2.80 bits per heavy atom. The standard InChI is InChI=1S/C16H16N2OS/c1-10-3-4-11-7-12(5-6-14(11)18-10)16(17)15-8-13(19-2)9-20-15/h3-9,16H,17H2,1-2H3. The number of nitrogens with two attached hydrogens (primary N) is 1. The van der Waals surface area contributed by atoms with Crippen LogP contribution in [0.15, 0.2) is 41.8 Å². The van der Waals surface area contributed by atoms with E-state index in [1.54, 1.807) is 18.4 Å². The Morgan fingerprint density at radius 2 is 2.05 bits per heavy atom. The molecule has 0 aliphatic rings. The maximum atomic E-state index is 6.34. The van der Waals surface area contributed by atoms with Crippen LogP contribution in [0.5, 0.6) is 5.75 Å². The first-order valence-electron chi connectivity index (χ1n) is 6.42. The summed E-state index contributed by atoms with van der Waals surface area (Å²) in [6, 6.07) is 12.2. The molecule has 4 heteroatoms. The molecule has 20 heavy (non-hydrogen) atoms. The third-order valence-electron chi connectivity index (χ3n) is 3.35. The molecule has 0 radical (unpaired) electrons. The van der Waals surface area contributed by atoms with Crippen LogP contribution in [0.2, 0.25) is 0 Å². The molecule has 2 aromatic heterocycles. The zero-order chi connectivity index (χ0) is 14.1. The van der Waals surface area contributed by atoms with Crippen molar-refractivity contribution in [3.63, 3.8) is 0 Å². The SMILES string of the molecule is COc1csc(C(N)c2ccc3nc(C)ccc3c2)c1. The van der Waals surface area contributed by atoms with Gasteiger partial charge < -0.3 is 10.5 Å². The number of rotatable bonds is 3. The second-order valence-electron chi connectivity index (χ2n) is 4.77. The van der Waals surface area contributed by atoms with Crippen LogP contribution in [-0.2, 0) is 0 Å². The molecule has 3 rings (SSSR count). The van der Waals surface area contributed by atoms with Crippen molar-refractivity contribution in [3.8, 4) is 5.75 Å². The average Bonchev–Trinajstić information content (AvgIpc) is 2.95. The number of aromatic nitrogens is 1. The Hall–Kier alpha value is -1.91. The van der Waals surface area contributed by atoms with Gasteiger partial charge in [-0.05, 0) is 36.8 Å². The molecule has 0 aliphatic carbocycles. The summed E-state index contributed by atoms with van der Waals surface area (Å²) >= 11 is 1.62. The Kier molecular flexibility index (Phi) is 3.42. The second-order valence-corrected chi connectivity index (χ2v) is 5.71. The van der Waals surface area contributed by atoms with Gasteiger partial charge in [0.15, 0.2) is 0 Å². The molecule has 0 fully saturated rings. The molecule has 0 bridgehead atoms. The Labute approximate surface area is 122 Å². The zero-order valence-electron chi connectivity index (χ0n) is 11.5. The molecule has 3 aromatic rings. The molecule has 2 N–H and O–H groups in total. The van der Waals surface area contributed by atoms with Gasteiger partial charge in [0.1, 0.15) is 5.75 Å². The summed E-state index contributed by atoms with van der Waals surface area (Å²) in [6.45, 7) is 2.00. The molecule has 0 saturated heterocycles. The predicted molar refractivity (Wildman–Crippen MR) is 83.4 cm³/mol. The number of pyridine rings is 1. The monoisotopic (exact) mass is 284 g/mol. The topological polar surface area (TPSA) is 48.1 Å². The highest BCUT2D eigenvalue weighted by molar-refractivity contribution is 7.10. The lowest BCUT2D eigenvalue weighted by molar-refractivity contribution is 0.416. The first kappa shape index (κ1) is 13.1. The molecule has 102 valence electrons. The molecule has 1 atom stereocenters. The highest BCUT2D eigenvalue weighted by Gasteiger charge is 2.12. The van der Waals surface area contributed by atoms with Gasteiger partial charge in [0, 0.05) is 21.3 Å². The van der Waals surface area contributed by atoms with Crippen LogP contribution < -0.4 is 10.5 Å². The minimum absolute atomic E-state index is 0.130. The highest BCUT2D eigenvalue weighted by Crippen LogP contribution is 2.30. The van der Waals surface area contributed by atoms with Crippen molar-refractivity contribution in [3.05, 3.63) is 57.9 Å². The lowest BCUT2D eigenvalue weighted by Gasteiger charge is -2.11. The molecular formula is C16H16N2OS. The van der Waals surface area contributed by atoms with Crippen molar-refractivity contribution in [2.45, 2.75) is 13.0 Å². The van der Waals surface area contributed by atoms with Crippen molar-refractivity contribution in [1.82, 2.24) is 4.98 Å². The minimum Gasteiger partial charge on any atom is -0.496 e. The van der Waals surface area contributed by atoms with Crippen LogP contribution in [0.25, 0.3) is 10.9 Å². The van der Waals surface area contributed by atoms with E-state index >= 15 is 0 Å². The Balaban J connectivity index is 1.98. The normalized spacial score (nSPS) is 12.6. The summed E-state index contributed by atoms with van der Waals surface area (Å²) < 4.78 is 5.21. The molecule has 0 spiro atoms. The predicted octanol–water partition coefficient (Wildman–Crippen LogP) is 3.66. The smallest absolute Gasteiger partial charge is 0.129 e. The van der Waals surface area contributed by atoms with Gasteiger partial charge in [0.25, 0.3) is 0 Å². The fraction of sp³-hybridized carbons (Fsp3) is 0.188. The molecule has 0 amide bonds. The van der Waals surface area contributed by atoms with E-state index in [0.717, 1.165) is 32.8 Å². The maximum absolute atomic E-state index is 6.34. The van der Waals surface area contributed by atoms with Crippen molar-refractivity contribution in [2.75, 3.05) is 7.11 Å². The summed E-state index contributed by atoms with van der Waals surface area (Å²) in [4.78, 5) is 5.61. The molecule has 0 saturated carbocycles. The van der Waals surface area contributed by atoms with E-state index in [0.29, 0.717) is 0 Å². The third-order valence-corrected chi connectivity index (χ3v) is 4.34. The number of fused-ring (bicyclic) bond motifs is 1. The van der Waals surface area contributed by atoms with Crippen molar-refractivity contribution >= 4 is 22.2 Å². The number of benzene rings is 1. The summed E-state index contributed by atoms with van der Waals surface area (Å²) in [5, 5.41) is 3.09. The number of thiophene rings is 1. The quantitative estimate of drug-likeness (QED) is 0.798. The van der Waals surface area contributed by atoms with E-state index in [9.17, 15) is 0 Å². The number of methoxy groups -OCH3 is 1. The molecule has 3 nitrogen and oxygen atoms in total.